The number of nitrogens with two attached hydrogens (primary N) is 1. The molecule has 0 aromatic heterocycles. The quantitative estimate of drug-likeness (QED) is 0.599. The molecule has 16 heavy (non-hydrogen) atoms. The van der Waals surface area contributed by atoms with Crippen molar-refractivity contribution < 1.29 is 13.9 Å². The van der Waals surface area contributed by atoms with E-state index in [9.17, 15) is 8.78 Å². The van der Waals surface area contributed by atoms with Crippen LogP contribution in [0.25, 0.3) is 0 Å². The SMILES string of the molecule is C=C(F)/C(F)=C\C(=C)C(N)CO.CC.CCl. The van der Waals surface area contributed by atoms with Gasteiger partial charge in [0.1, 0.15) is 0 Å². The van der Waals surface area contributed by atoms with Gasteiger partial charge in [0, 0.05) is 6.38 Å². The zero-order chi connectivity index (χ0) is 13.7. The summed E-state index contributed by atoms with van der Waals surface area (Å²) < 4.78 is 24.5. The van der Waals surface area contributed by atoms with Crippen molar-refractivity contribution in [1.82, 2.24) is 0 Å². The molecule has 5 heteroatoms. The highest BCUT2D eigenvalue weighted by atomic mass is 35.5. The molecular formula is C11H20ClF2NO. The van der Waals surface area contributed by atoms with Crippen LogP contribution in [-0.4, -0.2) is 24.1 Å². The van der Waals surface area contributed by atoms with Gasteiger partial charge in [-0.3, -0.25) is 0 Å². The Labute approximate surface area is 101 Å². The molecule has 0 aliphatic carbocycles. The highest BCUT2D eigenvalue weighted by molar-refractivity contribution is 6.15. The Morgan fingerprint density at radius 2 is 1.75 bits per heavy atom. The summed E-state index contributed by atoms with van der Waals surface area (Å²) in [5.41, 5.74) is 5.37. The molecule has 0 bridgehead atoms. The topological polar surface area (TPSA) is 46.2 Å². The lowest BCUT2D eigenvalue weighted by Crippen LogP contribution is -2.25. The third kappa shape index (κ3) is 11.4. The van der Waals surface area contributed by atoms with Gasteiger partial charge >= 0.3 is 0 Å². The monoisotopic (exact) mass is 255 g/mol. The molecule has 0 aromatic carbocycles. The maximum Gasteiger partial charge on any atom is 0.158 e. The number of alkyl halides is 1. The second-order valence-electron chi connectivity index (χ2n) is 2.26. The van der Waals surface area contributed by atoms with Gasteiger partial charge in [-0.05, 0) is 11.6 Å². The minimum absolute atomic E-state index is 0.119. The molecule has 0 heterocycles. The number of hydrogen-bond donors (Lipinski definition) is 2. The van der Waals surface area contributed by atoms with E-state index in [-0.39, 0.29) is 12.2 Å². The molecule has 0 radical (unpaired) electrons. The van der Waals surface area contributed by atoms with Gasteiger partial charge in [-0.15, -0.1) is 11.6 Å². The third-order valence-electron chi connectivity index (χ3n) is 1.24. The van der Waals surface area contributed by atoms with Crippen LogP contribution in [0.15, 0.2) is 36.5 Å². The van der Waals surface area contributed by atoms with Crippen molar-refractivity contribution in [3.63, 3.8) is 0 Å². The fraction of sp³-hybridized carbons (Fsp3) is 0.455. The van der Waals surface area contributed by atoms with Crippen LogP contribution in [0.3, 0.4) is 0 Å². The smallest absolute Gasteiger partial charge is 0.158 e. The Balaban J connectivity index is -0.000000376. The summed E-state index contributed by atoms with van der Waals surface area (Å²) >= 11 is 4.64. The van der Waals surface area contributed by atoms with E-state index in [1.807, 2.05) is 13.8 Å². The lowest BCUT2D eigenvalue weighted by atomic mass is 10.1. The Hall–Kier alpha value is -0.710. The largest absolute Gasteiger partial charge is 0.394 e. The number of allylic oxidation sites excluding steroid dienone is 2. The molecular weight excluding hydrogens is 236 g/mol. The maximum absolute atomic E-state index is 12.5. The fourth-order valence-electron chi connectivity index (χ4n) is 0.465. The van der Waals surface area contributed by atoms with Crippen LogP contribution in [0.2, 0.25) is 0 Å². The lowest BCUT2D eigenvalue weighted by Gasteiger charge is -2.06. The molecule has 0 saturated carbocycles. The van der Waals surface area contributed by atoms with Gasteiger partial charge in [-0.1, -0.05) is 27.0 Å². The predicted molar refractivity (Wildman–Crippen MR) is 66.8 cm³/mol. The van der Waals surface area contributed by atoms with Crippen LogP contribution in [0.1, 0.15) is 13.8 Å². The minimum Gasteiger partial charge on any atom is -0.394 e. The Morgan fingerprint density at radius 3 is 2.00 bits per heavy atom. The number of hydrogen-bond acceptors (Lipinski definition) is 2. The predicted octanol–water partition coefficient (Wildman–Crippen LogP) is 3.08. The van der Waals surface area contributed by atoms with E-state index in [4.69, 9.17) is 10.8 Å². The molecule has 0 spiro atoms. The van der Waals surface area contributed by atoms with Crippen molar-refractivity contribution in [2.75, 3.05) is 13.0 Å². The number of halogens is 3. The first-order valence-electron chi connectivity index (χ1n) is 4.64. The first-order chi connectivity index (χ1) is 7.49. The van der Waals surface area contributed by atoms with Crippen LogP contribution in [0, 0.1) is 0 Å². The first-order valence-corrected chi connectivity index (χ1v) is 5.39. The van der Waals surface area contributed by atoms with E-state index in [0.29, 0.717) is 0 Å². The minimum atomic E-state index is -1.18. The van der Waals surface area contributed by atoms with Gasteiger partial charge in [0.25, 0.3) is 0 Å². The zero-order valence-electron chi connectivity index (χ0n) is 9.93. The van der Waals surface area contributed by atoms with Crippen molar-refractivity contribution in [3.8, 4) is 0 Å². The molecule has 0 aliphatic heterocycles. The highest BCUT2D eigenvalue weighted by Gasteiger charge is 2.06. The summed E-state index contributed by atoms with van der Waals surface area (Å²) in [6.07, 6.45) is 2.28. The molecule has 0 amide bonds. The zero-order valence-corrected chi connectivity index (χ0v) is 10.7. The van der Waals surface area contributed by atoms with Gasteiger partial charge in [0.15, 0.2) is 11.7 Å². The van der Waals surface area contributed by atoms with Gasteiger partial charge in [0.2, 0.25) is 0 Å². The Morgan fingerprint density at radius 1 is 1.38 bits per heavy atom. The van der Waals surface area contributed by atoms with Crippen molar-refractivity contribution in [1.29, 1.82) is 0 Å². The average molecular weight is 256 g/mol. The van der Waals surface area contributed by atoms with Crippen molar-refractivity contribution in [2.45, 2.75) is 19.9 Å². The summed E-state index contributed by atoms with van der Waals surface area (Å²) in [6.45, 7) is 9.72. The molecule has 0 aliphatic rings. The normalized spacial score (nSPS) is 11.4. The van der Waals surface area contributed by atoms with Crippen molar-refractivity contribution in [2.24, 2.45) is 5.73 Å². The van der Waals surface area contributed by atoms with Crippen LogP contribution in [0.5, 0.6) is 0 Å². The van der Waals surface area contributed by atoms with Gasteiger partial charge in [-0.2, -0.15) is 0 Å². The molecule has 0 fully saturated rings. The van der Waals surface area contributed by atoms with Gasteiger partial charge in [0.05, 0.1) is 12.6 Å². The van der Waals surface area contributed by atoms with Crippen molar-refractivity contribution >= 4 is 11.6 Å². The molecule has 0 aromatic rings. The van der Waals surface area contributed by atoms with E-state index in [1.54, 1.807) is 0 Å². The second-order valence-corrected chi connectivity index (χ2v) is 2.26. The molecule has 2 nitrogen and oxygen atoms in total. The van der Waals surface area contributed by atoms with E-state index < -0.39 is 17.7 Å². The summed E-state index contributed by atoms with van der Waals surface area (Å²) in [5, 5.41) is 8.50. The fourth-order valence-corrected chi connectivity index (χ4v) is 0.465. The second kappa shape index (κ2) is 14.3. The standard InChI is InChI=1S/C8H11F2NO.C2H6.CH3Cl/c1-5(8(11)4-12)3-7(10)6(2)9;2*1-2/h3,8,12H,1-2,4,11H2;1-2H3;1H3/b7-3+;;. The van der Waals surface area contributed by atoms with Gasteiger partial charge in [-0.25, -0.2) is 8.78 Å². The molecule has 96 valence electrons. The summed E-state index contributed by atoms with van der Waals surface area (Å²) in [6, 6.07) is -0.768. The molecule has 1 atom stereocenters. The van der Waals surface area contributed by atoms with Crippen molar-refractivity contribution in [3.05, 3.63) is 36.5 Å². The highest BCUT2D eigenvalue weighted by Crippen LogP contribution is 2.13. The Kier molecular flexibility index (Phi) is 18.5. The van der Waals surface area contributed by atoms with E-state index >= 15 is 0 Å². The van der Waals surface area contributed by atoms with Crippen LogP contribution in [-0.2, 0) is 0 Å². The summed E-state index contributed by atoms with van der Waals surface area (Å²) in [7, 11) is 0. The molecule has 3 N–H and O–H groups in total. The van der Waals surface area contributed by atoms with E-state index in [2.05, 4.69) is 24.8 Å². The lowest BCUT2D eigenvalue weighted by molar-refractivity contribution is 0.281. The van der Waals surface area contributed by atoms with E-state index in [1.165, 1.54) is 6.38 Å². The average Bonchev–Trinajstić information content (AvgIpc) is 2.32. The van der Waals surface area contributed by atoms with Gasteiger partial charge < -0.3 is 10.8 Å². The van der Waals surface area contributed by atoms with Crippen LogP contribution < -0.4 is 5.73 Å². The maximum atomic E-state index is 12.5. The molecule has 1 unspecified atom stereocenters. The molecule has 0 saturated heterocycles. The third-order valence-corrected chi connectivity index (χ3v) is 1.24. The number of aliphatic hydroxyl groups is 1. The number of rotatable bonds is 4. The summed E-state index contributed by atoms with van der Waals surface area (Å²) in [5.74, 6) is -2.30. The van der Waals surface area contributed by atoms with Crippen LogP contribution >= 0.6 is 11.6 Å². The van der Waals surface area contributed by atoms with Crippen LogP contribution in [0.4, 0.5) is 8.78 Å². The number of aliphatic hydroxyl groups excluding tert-OH is 1. The van der Waals surface area contributed by atoms with E-state index in [0.717, 1.165) is 6.08 Å². The molecule has 0 rings (SSSR count). The summed E-state index contributed by atoms with van der Waals surface area (Å²) in [4.78, 5) is 0. The first kappa shape index (κ1) is 20.7. The Bertz CT molecular complexity index is 230.